The van der Waals surface area contributed by atoms with E-state index in [4.69, 9.17) is 4.74 Å². The Kier molecular flexibility index (Phi) is 4.91. The summed E-state index contributed by atoms with van der Waals surface area (Å²) in [7, 11) is 1.32. The van der Waals surface area contributed by atoms with Crippen LogP contribution < -0.4 is 0 Å². The fourth-order valence-corrected chi connectivity index (χ4v) is 5.08. The molecule has 2 N–H and O–H groups in total. The van der Waals surface area contributed by atoms with Crippen molar-refractivity contribution in [3.8, 4) is 0 Å². The van der Waals surface area contributed by atoms with E-state index >= 15 is 0 Å². The highest BCUT2D eigenvalue weighted by molar-refractivity contribution is 6.36. The van der Waals surface area contributed by atoms with Crippen LogP contribution in [0.4, 0.5) is 0 Å². The number of ether oxygens (including phenoxy) is 1. The molecule has 1 aromatic carbocycles. The second-order valence-electron chi connectivity index (χ2n) is 7.69. The third-order valence-electron chi connectivity index (χ3n) is 6.29. The average Bonchev–Trinajstić information content (AvgIpc) is 3.10. The van der Waals surface area contributed by atoms with Gasteiger partial charge in [-0.05, 0) is 49.3 Å². The summed E-state index contributed by atoms with van der Waals surface area (Å²) in [6.45, 7) is 4.36. The lowest BCUT2D eigenvalue weighted by Gasteiger charge is -2.46. The van der Waals surface area contributed by atoms with E-state index in [0.717, 1.165) is 32.4 Å². The number of esters is 1. The van der Waals surface area contributed by atoms with Gasteiger partial charge in [-0.3, -0.25) is 4.90 Å². The molecule has 2 unspecified atom stereocenters. The summed E-state index contributed by atoms with van der Waals surface area (Å²) in [4.78, 5) is 18.2. The number of methoxy groups -OCH3 is 1. The first-order valence-electron chi connectivity index (χ1n) is 9.81. The first-order valence-corrected chi connectivity index (χ1v) is 9.81. The Bertz CT molecular complexity index is 873. The minimum absolute atomic E-state index is 0.111. The number of piperidine rings is 1. The quantitative estimate of drug-likeness (QED) is 0.372. The van der Waals surface area contributed by atoms with Crippen LogP contribution in [0.2, 0.25) is 0 Å². The molecule has 2 aromatic rings. The maximum atomic E-state index is 11.9. The number of aromatic amines is 1. The number of benzene rings is 1. The van der Waals surface area contributed by atoms with Gasteiger partial charge in [0.05, 0.1) is 13.2 Å². The minimum atomic E-state index is -0.547. The number of H-pyrrole nitrogens is 1. The number of nitrogens with zero attached hydrogens (tertiary/aromatic N) is 2. The molecule has 0 saturated carbocycles. The Labute approximate surface area is 159 Å². The molecule has 0 radical (unpaired) electrons. The van der Waals surface area contributed by atoms with E-state index in [2.05, 4.69) is 46.2 Å². The SMILES string of the molecule is CCC1CN2CCC[C@H](CC(=NO)C(=O)OC)C2c2[nH]c3ccccc3c21. The van der Waals surface area contributed by atoms with E-state index in [0.29, 0.717) is 12.3 Å². The summed E-state index contributed by atoms with van der Waals surface area (Å²) in [5.41, 5.74) is 4.00. The number of hydrogen-bond donors (Lipinski definition) is 2. The topological polar surface area (TPSA) is 77.9 Å². The second kappa shape index (κ2) is 7.35. The Hall–Kier alpha value is -2.34. The molecule has 0 amide bonds. The van der Waals surface area contributed by atoms with Crippen molar-refractivity contribution in [1.82, 2.24) is 9.88 Å². The fourth-order valence-electron chi connectivity index (χ4n) is 5.08. The Morgan fingerprint density at radius 2 is 2.22 bits per heavy atom. The number of carbonyl (C=O) groups is 1. The normalized spacial score (nSPS) is 25.9. The van der Waals surface area contributed by atoms with Crippen LogP contribution in [0.3, 0.4) is 0 Å². The van der Waals surface area contributed by atoms with E-state index in [-0.39, 0.29) is 17.7 Å². The maximum absolute atomic E-state index is 11.9. The molecule has 6 nitrogen and oxygen atoms in total. The predicted molar refractivity (Wildman–Crippen MR) is 104 cm³/mol. The molecule has 6 heteroatoms. The lowest BCUT2D eigenvalue weighted by atomic mass is 9.76. The molecule has 2 aliphatic rings. The molecule has 144 valence electrons. The molecule has 3 atom stereocenters. The lowest BCUT2D eigenvalue weighted by Crippen LogP contribution is -2.45. The zero-order valence-corrected chi connectivity index (χ0v) is 15.9. The van der Waals surface area contributed by atoms with Crippen LogP contribution in [0.25, 0.3) is 10.9 Å². The van der Waals surface area contributed by atoms with E-state index in [9.17, 15) is 10.0 Å². The zero-order valence-electron chi connectivity index (χ0n) is 15.9. The van der Waals surface area contributed by atoms with Crippen molar-refractivity contribution in [1.29, 1.82) is 0 Å². The first-order chi connectivity index (χ1) is 13.2. The van der Waals surface area contributed by atoms with Crippen LogP contribution in [-0.2, 0) is 9.53 Å². The highest BCUT2D eigenvalue weighted by atomic mass is 16.5. The highest BCUT2D eigenvalue weighted by Crippen LogP contribution is 2.48. The summed E-state index contributed by atoms with van der Waals surface area (Å²) >= 11 is 0. The van der Waals surface area contributed by atoms with Crippen LogP contribution in [0.1, 0.15) is 55.8 Å². The molecular weight excluding hydrogens is 342 g/mol. The number of fused-ring (bicyclic) bond motifs is 5. The van der Waals surface area contributed by atoms with Gasteiger partial charge in [0.15, 0.2) is 5.71 Å². The van der Waals surface area contributed by atoms with Crippen LogP contribution >= 0.6 is 0 Å². The van der Waals surface area contributed by atoms with E-state index < -0.39 is 5.97 Å². The summed E-state index contributed by atoms with van der Waals surface area (Å²) in [5, 5.41) is 13.9. The monoisotopic (exact) mass is 369 g/mol. The van der Waals surface area contributed by atoms with Crippen LogP contribution in [0, 0.1) is 5.92 Å². The van der Waals surface area contributed by atoms with Crippen molar-refractivity contribution >= 4 is 22.6 Å². The van der Waals surface area contributed by atoms with Crippen LogP contribution in [-0.4, -0.2) is 47.0 Å². The summed E-state index contributed by atoms with van der Waals surface area (Å²) in [5.74, 6) is 0.180. The van der Waals surface area contributed by atoms with Gasteiger partial charge in [-0.25, -0.2) is 4.79 Å². The van der Waals surface area contributed by atoms with Crippen LogP contribution in [0.5, 0.6) is 0 Å². The molecule has 4 rings (SSSR count). The number of nitrogens with one attached hydrogen (secondary N) is 1. The summed E-state index contributed by atoms with van der Waals surface area (Å²) in [6, 6.07) is 8.72. The smallest absolute Gasteiger partial charge is 0.355 e. The molecule has 0 aliphatic carbocycles. The van der Waals surface area contributed by atoms with E-state index in [1.807, 2.05) is 0 Å². The second-order valence-corrected chi connectivity index (χ2v) is 7.69. The summed E-state index contributed by atoms with van der Waals surface area (Å²) < 4.78 is 4.78. The fraction of sp³-hybridized carbons (Fsp3) is 0.524. The van der Waals surface area contributed by atoms with Gasteiger partial charge >= 0.3 is 5.97 Å². The maximum Gasteiger partial charge on any atom is 0.355 e. The van der Waals surface area contributed by atoms with Crippen molar-refractivity contribution in [3.63, 3.8) is 0 Å². The number of rotatable bonds is 4. The van der Waals surface area contributed by atoms with E-state index in [1.165, 1.54) is 29.3 Å². The number of oxime groups is 1. The Balaban J connectivity index is 1.76. The van der Waals surface area contributed by atoms with Gasteiger partial charge in [0.25, 0.3) is 0 Å². The van der Waals surface area contributed by atoms with Gasteiger partial charge in [-0.1, -0.05) is 30.3 Å². The van der Waals surface area contributed by atoms with Crippen molar-refractivity contribution in [2.45, 2.75) is 44.6 Å². The minimum Gasteiger partial charge on any atom is -0.464 e. The van der Waals surface area contributed by atoms with Gasteiger partial charge < -0.3 is 14.9 Å². The molecule has 27 heavy (non-hydrogen) atoms. The largest absolute Gasteiger partial charge is 0.464 e. The summed E-state index contributed by atoms with van der Waals surface area (Å²) in [6.07, 6.45) is 3.63. The van der Waals surface area contributed by atoms with Crippen molar-refractivity contribution in [2.75, 3.05) is 20.2 Å². The Morgan fingerprint density at radius 1 is 1.41 bits per heavy atom. The first kappa shape index (κ1) is 18.0. The van der Waals surface area contributed by atoms with Gasteiger partial charge in [-0.2, -0.15) is 0 Å². The highest BCUT2D eigenvalue weighted by Gasteiger charge is 2.42. The van der Waals surface area contributed by atoms with Crippen molar-refractivity contribution in [3.05, 3.63) is 35.5 Å². The molecule has 1 aromatic heterocycles. The average molecular weight is 369 g/mol. The number of para-hydroxylation sites is 1. The third kappa shape index (κ3) is 3.02. The molecule has 0 spiro atoms. The van der Waals surface area contributed by atoms with Gasteiger partial charge in [-0.15, -0.1) is 0 Å². The molecule has 3 heterocycles. The van der Waals surface area contributed by atoms with E-state index in [1.54, 1.807) is 0 Å². The lowest BCUT2D eigenvalue weighted by molar-refractivity contribution is -0.133. The van der Waals surface area contributed by atoms with Gasteiger partial charge in [0.1, 0.15) is 0 Å². The van der Waals surface area contributed by atoms with Gasteiger partial charge in [0, 0.05) is 29.6 Å². The molecule has 1 saturated heterocycles. The van der Waals surface area contributed by atoms with Crippen LogP contribution in [0.15, 0.2) is 29.4 Å². The van der Waals surface area contributed by atoms with Crippen molar-refractivity contribution < 1.29 is 14.7 Å². The molecule has 0 bridgehead atoms. The number of aromatic nitrogens is 1. The molecular formula is C21H27N3O3. The third-order valence-corrected chi connectivity index (χ3v) is 6.29. The van der Waals surface area contributed by atoms with Gasteiger partial charge in [0.2, 0.25) is 0 Å². The predicted octanol–water partition coefficient (Wildman–Crippen LogP) is 3.82. The van der Waals surface area contributed by atoms with Crippen molar-refractivity contribution in [2.24, 2.45) is 11.1 Å². The molecule has 2 aliphatic heterocycles. The Morgan fingerprint density at radius 3 is 2.96 bits per heavy atom. The zero-order chi connectivity index (χ0) is 19.0. The standard InChI is InChI=1S/C21H27N3O3/c1-3-13-12-24-10-6-7-14(11-17(23-26)21(25)27-2)20(24)19-18(13)15-8-4-5-9-16(15)22-19/h4-5,8-9,13-14,20,22,26H,3,6-7,10-12H2,1-2H3/t13?,14-,20?/m1/s1. The number of hydrogen-bond acceptors (Lipinski definition) is 5. The molecule has 1 fully saturated rings. The number of carbonyl (C=O) groups excluding carboxylic acids is 1.